The maximum absolute atomic E-state index is 14.9. The van der Waals surface area contributed by atoms with E-state index in [0.717, 1.165) is 6.07 Å². The van der Waals surface area contributed by atoms with Gasteiger partial charge < -0.3 is 27.0 Å². The molecule has 3 aromatic rings. The molecular formula is C21H28F2N8O. The second-order valence-electron chi connectivity index (χ2n) is 7.91. The molecule has 0 fully saturated rings. The first-order valence-electron chi connectivity index (χ1n) is 10.2. The van der Waals surface area contributed by atoms with Crippen LogP contribution in [0.2, 0.25) is 0 Å². The number of aryl methyl sites for hydroxylation is 1. The van der Waals surface area contributed by atoms with Gasteiger partial charge in [0, 0.05) is 44.3 Å². The molecule has 0 saturated heterocycles. The largest absolute Gasteiger partial charge is 0.365 e. The average molecular weight is 447 g/mol. The molecule has 0 saturated carbocycles. The number of hydrogen-bond acceptors (Lipinski definition) is 7. The van der Waals surface area contributed by atoms with E-state index in [9.17, 15) is 13.6 Å². The number of halogens is 2. The summed E-state index contributed by atoms with van der Waals surface area (Å²) < 4.78 is 30.9. The summed E-state index contributed by atoms with van der Waals surface area (Å²) in [6, 6.07) is 3.42. The predicted molar refractivity (Wildman–Crippen MR) is 122 cm³/mol. The number of nitrogens with zero attached hydrogens (tertiary/aromatic N) is 4. The fourth-order valence-electron chi connectivity index (χ4n) is 3.43. The van der Waals surface area contributed by atoms with Crippen LogP contribution in [-0.4, -0.2) is 46.9 Å². The minimum Gasteiger partial charge on any atom is -0.365 e. The van der Waals surface area contributed by atoms with Crippen LogP contribution in [-0.2, 0) is 7.05 Å². The standard InChI is InChI=1S/C21H28F2N8O/c1-6-16(24)10(2)26-20-15(23)9-13(18(25)32)19(28-20)27-11-7-12-17(14(22)8-11)31(5)29-21(12)30(3)4/h7-10,16H,6,24H2,1-5H3,(H2,25,32)(H2,26,27,28)/t10-,16+/m1/s1. The van der Waals surface area contributed by atoms with E-state index in [1.54, 1.807) is 39.0 Å². The van der Waals surface area contributed by atoms with Crippen LogP contribution < -0.4 is 27.0 Å². The molecule has 0 radical (unpaired) electrons. The molecule has 2 atom stereocenters. The van der Waals surface area contributed by atoms with Gasteiger partial charge in [-0.25, -0.2) is 13.8 Å². The number of benzene rings is 1. The number of carbonyl (C=O) groups excluding carboxylic acids is 1. The Morgan fingerprint density at radius 2 is 1.91 bits per heavy atom. The zero-order valence-corrected chi connectivity index (χ0v) is 18.7. The van der Waals surface area contributed by atoms with E-state index in [4.69, 9.17) is 11.5 Å². The third-order valence-corrected chi connectivity index (χ3v) is 5.28. The first-order chi connectivity index (χ1) is 15.0. The molecule has 1 aromatic carbocycles. The van der Waals surface area contributed by atoms with E-state index >= 15 is 0 Å². The summed E-state index contributed by atoms with van der Waals surface area (Å²) in [6.45, 7) is 3.72. The first kappa shape index (κ1) is 23.2. The second-order valence-corrected chi connectivity index (χ2v) is 7.91. The van der Waals surface area contributed by atoms with Crippen molar-refractivity contribution < 1.29 is 13.6 Å². The number of carbonyl (C=O) groups is 1. The van der Waals surface area contributed by atoms with Crippen molar-refractivity contribution in [2.24, 2.45) is 18.5 Å². The fraction of sp³-hybridized carbons (Fsp3) is 0.381. The number of nitrogens with two attached hydrogens (primary N) is 2. The highest BCUT2D eigenvalue weighted by molar-refractivity contribution is 5.99. The van der Waals surface area contributed by atoms with Gasteiger partial charge in [0.1, 0.15) is 11.3 Å². The van der Waals surface area contributed by atoms with Gasteiger partial charge in [-0.2, -0.15) is 5.10 Å². The summed E-state index contributed by atoms with van der Waals surface area (Å²) in [4.78, 5) is 17.9. The number of rotatable bonds is 8. The molecule has 11 heteroatoms. The number of amides is 1. The monoisotopic (exact) mass is 446 g/mol. The zero-order valence-electron chi connectivity index (χ0n) is 18.7. The van der Waals surface area contributed by atoms with Crippen LogP contribution in [0.1, 0.15) is 30.6 Å². The summed E-state index contributed by atoms with van der Waals surface area (Å²) in [7, 11) is 5.25. The van der Waals surface area contributed by atoms with Gasteiger partial charge >= 0.3 is 0 Å². The summed E-state index contributed by atoms with van der Waals surface area (Å²) in [5.74, 6) is -1.67. The van der Waals surface area contributed by atoms with Gasteiger partial charge in [0.25, 0.3) is 5.91 Å². The van der Waals surface area contributed by atoms with Crippen LogP contribution in [0.25, 0.3) is 10.9 Å². The van der Waals surface area contributed by atoms with Gasteiger partial charge in [-0.05, 0) is 31.5 Å². The third kappa shape index (κ3) is 4.42. The normalized spacial score (nSPS) is 13.1. The number of aromatic nitrogens is 3. The van der Waals surface area contributed by atoms with Crippen molar-refractivity contribution in [2.75, 3.05) is 29.6 Å². The Labute approximate surface area is 184 Å². The van der Waals surface area contributed by atoms with Crippen molar-refractivity contribution in [3.8, 4) is 0 Å². The van der Waals surface area contributed by atoms with Gasteiger partial charge in [0.2, 0.25) is 0 Å². The van der Waals surface area contributed by atoms with Gasteiger partial charge in [0.15, 0.2) is 23.3 Å². The lowest BCUT2D eigenvalue weighted by Crippen LogP contribution is -2.38. The van der Waals surface area contributed by atoms with Crippen molar-refractivity contribution in [3.05, 3.63) is 35.4 Å². The first-order valence-corrected chi connectivity index (χ1v) is 10.2. The molecular weight excluding hydrogens is 418 g/mol. The van der Waals surface area contributed by atoms with Gasteiger partial charge in [-0.15, -0.1) is 0 Å². The van der Waals surface area contributed by atoms with Gasteiger partial charge in [-0.1, -0.05) is 6.92 Å². The topological polar surface area (TPSA) is 127 Å². The molecule has 0 aliphatic carbocycles. The molecule has 172 valence electrons. The van der Waals surface area contributed by atoms with Crippen LogP contribution in [0, 0.1) is 11.6 Å². The Hall–Kier alpha value is -3.47. The molecule has 2 heterocycles. The molecule has 3 rings (SSSR count). The van der Waals surface area contributed by atoms with Crippen LogP contribution in [0.5, 0.6) is 0 Å². The quantitative estimate of drug-likeness (QED) is 0.419. The van der Waals surface area contributed by atoms with Crippen molar-refractivity contribution in [1.82, 2.24) is 14.8 Å². The Morgan fingerprint density at radius 1 is 1.22 bits per heavy atom. The molecule has 6 N–H and O–H groups in total. The van der Waals surface area contributed by atoms with Crippen LogP contribution in [0.15, 0.2) is 18.2 Å². The molecule has 2 aromatic heterocycles. The number of nitrogens with one attached hydrogen (secondary N) is 2. The number of pyridine rings is 1. The number of anilines is 4. The van der Waals surface area contributed by atoms with Crippen molar-refractivity contribution in [1.29, 1.82) is 0 Å². The Morgan fingerprint density at radius 3 is 2.50 bits per heavy atom. The number of primary amides is 1. The molecule has 0 aliphatic heterocycles. The van der Waals surface area contributed by atoms with Crippen molar-refractivity contribution in [3.63, 3.8) is 0 Å². The van der Waals surface area contributed by atoms with E-state index in [-0.39, 0.29) is 29.3 Å². The van der Waals surface area contributed by atoms with Gasteiger partial charge in [-0.3, -0.25) is 9.48 Å². The summed E-state index contributed by atoms with van der Waals surface area (Å²) in [5.41, 5.74) is 11.9. The maximum atomic E-state index is 14.9. The van der Waals surface area contributed by atoms with Gasteiger partial charge in [0.05, 0.1) is 5.56 Å². The van der Waals surface area contributed by atoms with E-state index in [0.29, 0.717) is 28.8 Å². The maximum Gasteiger partial charge on any atom is 0.252 e. The highest BCUT2D eigenvalue weighted by atomic mass is 19.1. The van der Waals surface area contributed by atoms with Crippen molar-refractivity contribution >= 4 is 40.0 Å². The minimum atomic E-state index is -0.874. The Kier molecular flexibility index (Phi) is 6.49. The van der Waals surface area contributed by atoms with E-state index in [1.807, 2.05) is 6.92 Å². The smallest absolute Gasteiger partial charge is 0.252 e. The third-order valence-electron chi connectivity index (χ3n) is 5.28. The second kappa shape index (κ2) is 8.95. The molecule has 32 heavy (non-hydrogen) atoms. The van der Waals surface area contributed by atoms with Crippen molar-refractivity contribution in [2.45, 2.75) is 32.4 Å². The van der Waals surface area contributed by atoms with Crippen LogP contribution in [0.3, 0.4) is 0 Å². The lowest BCUT2D eigenvalue weighted by molar-refractivity contribution is 0.100. The molecule has 0 bridgehead atoms. The molecule has 9 nitrogen and oxygen atoms in total. The summed E-state index contributed by atoms with van der Waals surface area (Å²) in [6.07, 6.45) is 0.679. The van der Waals surface area contributed by atoms with Crippen LogP contribution >= 0.6 is 0 Å². The van der Waals surface area contributed by atoms with E-state index in [2.05, 4.69) is 20.7 Å². The molecule has 0 spiro atoms. The fourth-order valence-corrected chi connectivity index (χ4v) is 3.43. The molecule has 0 unspecified atom stereocenters. The minimum absolute atomic E-state index is 0.00675. The Bertz CT molecular complexity index is 1160. The summed E-state index contributed by atoms with van der Waals surface area (Å²) in [5, 5.41) is 10.7. The highest BCUT2D eigenvalue weighted by Crippen LogP contribution is 2.32. The summed E-state index contributed by atoms with van der Waals surface area (Å²) >= 11 is 0. The lowest BCUT2D eigenvalue weighted by atomic mass is 10.1. The lowest BCUT2D eigenvalue weighted by Gasteiger charge is -2.21. The highest BCUT2D eigenvalue weighted by Gasteiger charge is 2.21. The van der Waals surface area contributed by atoms with E-state index < -0.39 is 17.5 Å². The zero-order chi connectivity index (χ0) is 23.7. The Balaban J connectivity index is 2.07. The SMILES string of the molecule is CC[C@H](N)[C@@H](C)Nc1nc(Nc2cc(F)c3c(c2)c(N(C)C)nn3C)c(C(N)=O)cc1F. The molecule has 0 aliphatic rings. The predicted octanol–water partition coefficient (Wildman–Crippen LogP) is 2.69. The average Bonchev–Trinajstić information content (AvgIpc) is 3.06. The van der Waals surface area contributed by atoms with Crippen LogP contribution in [0.4, 0.5) is 31.9 Å². The number of hydrogen-bond donors (Lipinski definition) is 4. The molecule has 1 amide bonds. The number of fused-ring (bicyclic) bond motifs is 1. The van der Waals surface area contributed by atoms with E-state index in [1.165, 1.54) is 10.7 Å².